The van der Waals surface area contributed by atoms with Crippen LogP contribution in [0.25, 0.3) is 0 Å². The maximum Gasteiger partial charge on any atom is 0.410 e. The molecule has 0 aromatic heterocycles. The largest absolute Gasteiger partial charge is 0.444 e. The van der Waals surface area contributed by atoms with E-state index in [-0.39, 0.29) is 19.8 Å². The van der Waals surface area contributed by atoms with Crippen molar-refractivity contribution in [2.75, 3.05) is 26.8 Å². The Labute approximate surface area is 147 Å². The van der Waals surface area contributed by atoms with Crippen molar-refractivity contribution in [2.45, 2.75) is 32.5 Å². The van der Waals surface area contributed by atoms with Crippen LogP contribution in [-0.2, 0) is 9.47 Å². The molecule has 0 fully saturated rings. The molecule has 1 atom stereocenters. The number of aliphatic hydroxyl groups is 1. The number of nitrogens with zero attached hydrogens (tertiary/aromatic N) is 1. The molecular weight excluding hydrogens is 341 g/mol. The first-order chi connectivity index (χ1) is 10.6. The van der Waals surface area contributed by atoms with Gasteiger partial charge in [0.25, 0.3) is 0 Å². The number of carbonyl (C=O) groups excluding carboxylic acids is 1. The summed E-state index contributed by atoms with van der Waals surface area (Å²) in [4.78, 5) is 13.5. The van der Waals surface area contributed by atoms with Gasteiger partial charge in [0.1, 0.15) is 11.7 Å². The highest BCUT2D eigenvalue weighted by molar-refractivity contribution is 6.42. The number of hydrogen-bond acceptors (Lipinski definition) is 4. The van der Waals surface area contributed by atoms with Crippen LogP contribution in [0.3, 0.4) is 0 Å². The zero-order valence-electron chi connectivity index (χ0n) is 13.8. The Morgan fingerprint density at radius 3 is 2.48 bits per heavy atom. The molecule has 0 aliphatic rings. The summed E-state index contributed by atoms with van der Waals surface area (Å²) < 4.78 is 10.9. The molecule has 0 aliphatic heterocycles. The summed E-state index contributed by atoms with van der Waals surface area (Å²) in [6.07, 6.45) is -0.899. The molecule has 23 heavy (non-hydrogen) atoms. The van der Waals surface area contributed by atoms with Crippen molar-refractivity contribution >= 4 is 29.3 Å². The van der Waals surface area contributed by atoms with E-state index in [4.69, 9.17) is 37.8 Å². The number of aliphatic hydroxyl groups excluding tert-OH is 1. The van der Waals surface area contributed by atoms with E-state index in [0.29, 0.717) is 10.0 Å². The number of amides is 1. The molecule has 0 bridgehead atoms. The lowest BCUT2D eigenvalue weighted by Crippen LogP contribution is -2.37. The second-order valence-electron chi connectivity index (χ2n) is 6.12. The fraction of sp³-hybridized carbons (Fsp3) is 0.562. The zero-order valence-corrected chi connectivity index (χ0v) is 15.3. The molecule has 0 radical (unpaired) electrons. The lowest BCUT2D eigenvalue weighted by molar-refractivity contribution is -0.00589. The van der Waals surface area contributed by atoms with Gasteiger partial charge < -0.3 is 19.5 Å². The summed E-state index contributed by atoms with van der Waals surface area (Å²) in [6.45, 7) is 5.69. The molecule has 0 spiro atoms. The smallest absolute Gasteiger partial charge is 0.410 e. The minimum absolute atomic E-state index is 0.117. The summed E-state index contributed by atoms with van der Waals surface area (Å²) in [7, 11) is 1.63. The molecule has 130 valence electrons. The van der Waals surface area contributed by atoms with Crippen LogP contribution in [-0.4, -0.2) is 48.5 Å². The first-order valence-electron chi connectivity index (χ1n) is 7.25. The molecular formula is C16H23Cl2NO4. The SMILES string of the molecule is CN(CC(OCCO)c1ccc(Cl)c(Cl)c1)C(=O)OC(C)(C)C. The van der Waals surface area contributed by atoms with E-state index in [2.05, 4.69) is 0 Å². The molecule has 1 unspecified atom stereocenters. The molecule has 1 aromatic rings. The Morgan fingerprint density at radius 1 is 1.30 bits per heavy atom. The number of carbonyl (C=O) groups is 1. The maximum atomic E-state index is 12.1. The molecule has 7 heteroatoms. The summed E-state index contributed by atoms with van der Waals surface area (Å²) >= 11 is 12.0. The summed E-state index contributed by atoms with van der Waals surface area (Å²) in [5, 5.41) is 9.83. The number of rotatable bonds is 6. The predicted molar refractivity (Wildman–Crippen MR) is 91.1 cm³/mol. The Balaban J connectivity index is 2.85. The van der Waals surface area contributed by atoms with Crippen molar-refractivity contribution in [1.82, 2.24) is 4.90 Å². The molecule has 1 aromatic carbocycles. The molecule has 5 nitrogen and oxygen atoms in total. The van der Waals surface area contributed by atoms with Crippen LogP contribution >= 0.6 is 23.2 Å². The van der Waals surface area contributed by atoms with E-state index < -0.39 is 17.8 Å². The van der Waals surface area contributed by atoms with Gasteiger partial charge in [-0.05, 0) is 38.5 Å². The lowest BCUT2D eigenvalue weighted by Gasteiger charge is -2.28. The van der Waals surface area contributed by atoms with Gasteiger partial charge in [-0.1, -0.05) is 29.3 Å². The van der Waals surface area contributed by atoms with E-state index in [1.54, 1.807) is 46.0 Å². The zero-order chi connectivity index (χ0) is 17.6. The van der Waals surface area contributed by atoms with Crippen LogP contribution in [0.5, 0.6) is 0 Å². The van der Waals surface area contributed by atoms with Gasteiger partial charge in [-0.25, -0.2) is 4.79 Å². The average molecular weight is 364 g/mol. The molecule has 0 aliphatic carbocycles. The first-order valence-corrected chi connectivity index (χ1v) is 8.01. The Bertz CT molecular complexity index is 531. The molecule has 1 amide bonds. The third-order valence-corrected chi connectivity index (χ3v) is 3.61. The summed E-state index contributed by atoms with van der Waals surface area (Å²) in [5.41, 5.74) is 0.194. The van der Waals surface area contributed by atoms with Crippen LogP contribution in [0.4, 0.5) is 4.79 Å². The average Bonchev–Trinajstić information content (AvgIpc) is 2.44. The second kappa shape index (κ2) is 8.73. The van der Waals surface area contributed by atoms with Gasteiger partial charge in [0.2, 0.25) is 0 Å². The minimum Gasteiger partial charge on any atom is -0.444 e. The third kappa shape index (κ3) is 6.96. The van der Waals surface area contributed by atoms with Gasteiger partial charge in [0.15, 0.2) is 0 Å². The van der Waals surface area contributed by atoms with E-state index in [1.165, 1.54) is 4.90 Å². The highest BCUT2D eigenvalue weighted by atomic mass is 35.5. The van der Waals surface area contributed by atoms with Crippen molar-refractivity contribution in [3.63, 3.8) is 0 Å². The third-order valence-electron chi connectivity index (χ3n) is 2.87. The van der Waals surface area contributed by atoms with Gasteiger partial charge >= 0.3 is 6.09 Å². The van der Waals surface area contributed by atoms with Crippen molar-refractivity contribution in [3.8, 4) is 0 Å². The molecule has 0 heterocycles. The summed E-state index contributed by atoms with van der Waals surface area (Å²) in [5.74, 6) is 0. The number of benzene rings is 1. The maximum absolute atomic E-state index is 12.1. The highest BCUT2D eigenvalue weighted by Crippen LogP contribution is 2.28. The van der Waals surface area contributed by atoms with E-state index in [1.807, 2.05) is 0 Å². The highest BCUT2D eigenvalue weighted by Gasteiger charge is 2.23. The standard InChI is InChI=1S/C16H23Cl2NO4/c1-16(2,3)23-15(21)19(4)10-14(22-8-7-20)11-5-6-12(17)13(18)9-11/h5-6,9,14,20H,7-8,10H2,1-4H3. The fourth-order valence-corrected chi connectivity index (χ4v) is 2.13. The number of halogens is 2. The Hall–Kier alpha value is -1.01. The van der Waals surface area contributed by atoms with Crippen molar-refractivity contribution in [2.24, 2.45) is 0 Å². The van der Waals surface area contributed by atoms with Gasteiger partial charge in [-0.3, -0.25) is 0 Å². The topological polar surface area (TPSA) is 59.0 Å². The van der Waals surface area contributed by atoms with Crippen LogP contribution in [0, 0.1) is 0 Å². The normalized spacial score (nSPS) is 12.8. The van der Waals surface area contributed by atoms with Crippen molar-refractivity contribution in [3.05, 3.63) is 33.8 Å². The number of hydrogen-bond donors (Lipinski definition) is 1. The minimum atomic E-state index is -0.573. The quantitative estimate of drug-likeness (QED) is 0.832. The van der Waals surface area contributed by atoms with Crippen molar-refractivity contribution < 1.29 is 19.4 Å². The molecule has 1 rings (SSSR count). The monoisotopic (exact) mass is 363 g/mol. The van der Waals surface area contributed by atoms with E-state index in [0.717, 1.165) is 5.56 Å². The van der Waals surface area contributed by atoms with E-state index >= 15 is 0 Å². The predicted octanol–water partition coefficient (Wildman–Crippen LogP) is 3.91. The van der Waals surface area contributed by atoms with Crippen LogP contribution < -0.4 is 0 Å². The van der Waals surface area contributed by atoms with Crippen molar-refractivity contribution in [1.29, 1.82) is 0 Å². The van der Waals surface area contributed by atoms with Gasteiger partial charge in [-0.2, -0.15) is 0 Å². The van der Waals surface area contributed by atoms with Gasteiger partial charge in [0.05, 0.1) is 29.8 Å². The van der Waals surface area contributed by atoms with Crippen LogP contribution in [0.15, 0.2) is 18.2 Å². The van der Waals surface area contributed by atoms with Crippen LogP contribution in [0.2, 0.25) is 10.0 Å². The fourth-order valence-electron chi connectivity index (χ4n) is 1.83. The number of ether oxygens (including phenoxy) is 2. The molecule has 1 N–H and O–H groups in total. The van der Waals surface area contributed by atoms with Gasteiger partial charge in [-0.15, -0.1) is 0 Å². The summed E-state index contributed by atoms with van der Waals surface area (Å²) in [6, 6.07) is 5.13. The molecule has 0 saturated carbocycles. The number of likely N-dealkylation sites (N-methyl/N-ethyl adjacent to an activating group) is 1. The molecule has 0 saturated heterocycles. The second-order valence-corrected chi connectivity index (χ2v) is 6.93. The van der Waals surface area contributed by atoms with E-state index in [9.17, 15) is 4.79 Å². The van der Waals surface area contributed by atoms with Crippen LogP contribution in [0.1, 0.15) is 32.4 Å². The Kier molecular flexibility index (Phi) is 7.61. The lowest BCUT2D eigenvalue weighted by atomic mass is 10.1. The Morgan fingerprint density at radius 2 is 1.96 bits per heavy atom. The first kappa shape index (κ1) is 20.0. The van der Waals surface area contributed by atoms with Gasteiger partial charge in [0, 0.05) is 7.05 Å².